The van der Waals surface area contributed by atoms with Crippen molar-refractivity contribution in [2.45, 2.75) is 209 Å². The zero-order chi connectivity index (χ0) is 93.0. The first-order valence-corrected chi connectivity index (χ1v) is 46.0. The molecule has 130 heavy (non-hydrogen) atoms. The third-order valence-corrected chi connectivity index (χ3v) is 32.5. The summed E-state index contributed by atoms with van der Waals surface area (Å²) >= 11 is 0. The zero-order valence-electron chi connectivity index (χ0n) is 76.2. The highest BCUT2D eigenvalue weighted by molar-refractivity contribution is 6.01. The van der Waals surface area contributed by atoms with Crippen molar-refractivity contribution in [3.63, 3.8) is 0 Å². The van der Waals surface area contributed by atoms with Crippen LogP contribution in [0.15, 0.2) is 260 Å². The number of hydrogen-bond donors (Lipinski definition) is 5. The number of aliphatic carboxylic acids is 4. The number of aliphatic hydroxyl groups is 1. The van der Waals surface area contributed by atoms with E-state index in [1.54, 1.807) is 141 Å². The van der Waals surface area contributed by atoms with Crippen LogP contribution in [0.3, 0.4) is 0 Å². The molecule has 22 heteroatoms. The molecule has 18 atom stereocenters. The first-order chi connectivity index (χ1) is 62.1. The summed E-state index contributed by atoms with van der Waals surface area (Å²) in [6.07, 6.45) is 34.8. The Bertz CT molecular complexity index is 5360. The van der Waals surface area contributed by atoms with Gasteiger partial charge in [-0.15, -0.1) is 0 Å². The summed E-state index contributed by atoms with van der Waals surface area (Å²) in [5.41, 5.74) is 5.00. The molecule has 8 aromatic rings. The molecule has 8 aliphatic carbocycles. The number of furan rings is 4. The van der Waals surface area contributed by atoms with Crippen molar-refractivity contribution in [2.75, 3.05) is 19.8 Å². The zero-order valence-corrected chi connectivity index (χ0v) is 76.2. The second-order valence-electron chi connectivity index (χ2n) is 39.6. The molecule has 22 nitrogen and oxygen atoms in total. The Balaban J connectivity index is 0.000000148. The molecule has 16 rings (SSSR count). The van der Waals surface area contributed by atoms with Crippen LogP contribution in [0.2, 0.25) is 0 Å². The summed E-state index contributed by atoms with van der Waals surface area (Å²) < 4.78 is 44.1. The molecule has 4 aromatic heterocycles. The van der Waals surface area contributed by atoms with E-state index in [0.717, 1.165) is 125 Å². The van der Waals surface area contributed by atoms with Gasteiger partial charge in [0.1, 0.15) is 6.10 Å². The number of benzene rings is 4. The van der Waals surface area contributed by atoms with E-state index in [9.17, 15) is 68.7 Å². The molecule has 4 fully saturated rings. The van der Waals surface area contributed by atoms with Crippen LogP contribution >= 0.6 is 0 Å². The molecule has 4 saturated carbocycles. The summed E-state index contributed by atoms with van der Waals surface area (Å²) in [6.45, 7) is 20.2. The van der Waals surface area contributed by atoms with Gasteiger partial charge in [0.15, 0.2) is 5.78 Å². The third-order valence-electron chi connectivity index (χ3n) is 32.5. The van der Waals surface area contributed by atoms with Gasteiger partial charge in [0.05, 0.1) is 98.3 Å². The lowest BCUT2D eigenvalue weighted by molar-refractivity contribution is -0.141. The lowest BCUT2D eigenvalue weighted by Crippen LogP contribution is -2.54. The van der Waals surface area contributed by atoms with E-state index >= 15 is 0 Å². The predicted molar refractivity (Wildman–Crippen MR) is 486 cm³/mol. The first-order valence-electron chi connectivity index (χ1n) is 46.0. The molecule has 0 aliphatic heterocycles. The first kappa shape index (κ1) is 95.9. The van der Waals surface area contributed by atoms with Gasteiger partial charge in [0.25, 0.3) is 0 Å². The molecule has 0 amide bonds. The van der Waals surface area contributed by atoms with Crippen LogP contribution in [-0.2, 0) is 68.6 Å². The van der Waals surface area contributed by atoms with Crippen molar-refractivity contribution in [1.82, 2.24) is 0 Å². The van der Waals surface area contributed by atoms with Crippen LogP contribution in [-0.4, -0.2) is 111 Å². The predicted octanol–water partition coefficient (Wildman–Crippen LogP) is 21.8. The number of allylic oxidation sites excluding steroid dienone is 2. The Hall–Kier alpha value is -11.7. The molecule has 8 aliphatic rings. The number of esters is 4. The number of carbonyl (C=O) groups excluding carboxylic acids is 5. The van der Waals surface area contributed by atoms with E-state index in [1.165, 1.54) is 12.2 Å². The minimum absolute atomic E-state index is 0.0103. The Morgan fingerprint density at radius 3 is 1.08 bits per heavy atom. The summed E-state index contributed by atoms with van der Waals surface area (Å²) in [5, 5.41) is 50.4. The van der Waals surface area contributed by atoms with Crippen LogP contribution in [0.25, 0.3) is 0 Å². The number of fused-ring (bicyclic) bond motifs is 4. The van der Waals surface area contributed by atoms with Gasteiger partial charge in [-0.2, -0.15) is 0 Å². The van der Waals surface area contributed by atoms with Gasteiger partial charge in [0, 0.05) is 50.4 Å². The second-order valence-corrected chi connectivity index (χ2v) is 39.6. The van der Waals surface area contributed by atoms with Gasteiger partial charge < -0.3 is 62.1 Å². The summed E-state index contributed by atoms with van der Waals surface area (Å²) in [6, 6.07) is 43.6. The van der Waals surface area contributed by atoms with Crippen LogP contribution in [0.4, 0.5) is 0 Å². The van der Waals surface area contributed by atoms with Gasteiger partial charge in [-0.25, -0.2) is 38.4 Å². The van der Waals surface area contributed by atoms with E-state index in [-0.39, 0.29) is 106 Å². The Morgan fingerprint density at radius 1 is 0.377 bits per heavy atom. The molecule has 0 unspecified atom stereocenters. The molecule has 0 bridgehead atoms. The normalized spacial score (nSPS) is 30.5. The van der Waals surface area contributed by atoms with Crippen LogP contribution in [0.1, 0.15) is 235 Å². The second kappa shape index (κ2) is 40.8. The summed E-state index contributed by atoms with van der Waals surface area (Å²) in [4.78, 5) is 112. The van der Waals surface area contributed by atoms with E-state index in [1.807, 2.05) is 80.6 Å². The molecule has 0 saturated heterocycles. The maximum Gasteiger partial charge on any atom is 0.338 e. The number of aliphatic hydroxyl groups excluding tert-OH is 1. The van der Waals surface area contributed by atoms with Crippen molar-refractivity contribution in [3.8, 4) is 0 Å². The molecular formula is C108H126O22. The van der Waals surface area contributed by atoms with Crippen molar-refractivity contribution >= 4 is 53.5 Å². The number of carbonyl (C=O) groups is 9. The molecule has 0 radical (unpaired) electrons. The van der Waals surface area contributed by atoms with E-state index in [4.69, 9.17) is 36.6 Å². The standard InChI is InChI=1S/C27H32O6.C27H30O6.2C27H32O5/c2*1-26(11-8-18-10-13-32-16-18)20(17-33-25(31)19-6-4-3-5-7-19)9-12-27(2)22(24(29)30)14-21(28)15-23(26)27;1-18-9-12-27(3)22(24(28)29)15-21(32-25(30)20-7-5-4-6-8-20)16-23(27)26(18,2)13-10-19-11-14-31-17-19;1-26(14-11-19-13-16-31-17-19)21(18-32-25(30)20-7-4-3-5-8-20)12-15-27(2)22(24(28)29)9-6-10-23(26)27/h3-7,10,13-14,16,20-21,23,28H,8-9,11-12,15,17H2,1-2H3,(H,29,30);3-7,10,13-14,16,20,23H,8-9,11-12,15,17H2,1-2H3,(H,29,30);4-8,11,14-15,17-18,21,23H,9-10,12-13,16H2,1-3H3,(H,28,29);3-5,7-9,13,16-17,21,23H,6,10-12,14-15,18H2,1-2H3,(H,28,29)/t20-,21-,23+,26-,27-;20-,23+,26-,27-;18-,21+,23-,26+,27+;21-,23+,26-,27-/m0010/s1. The maximum atomic E-state index is 12.7. The smallest absolute Gasteiger partial charge is 0.338 e. The lowest BCUT2D eigenvalue weighted by atomic mass is 9.46. The Morgan fingerprint density at radius 2 is 0.708 bits per heavy atom. The highest BCUT2D eigenvalue weighted by Crippen LogP contribution is 2.67. The highest BCUT2D eigenvalue weighted by atomic mass is 16.6. The Labute approximate surface area is 761 Å². The monoisotopic (exact) mass is 1770 g/mol. The average molecular weight is 1780 g/mol. The van der Waals surface area contributed by atoms with Gasteiger partial charge >= 0.3 is 47.8 Å². The van der Waals surface area contributed by atoms with Crippen molar-refractivity contribution in [3.05, 3.63) is 287 Å². The van der Waals surface area contributed by atoms with E-state index in [0.29, 0.717) is 83.6 Å². The molecule has 690 valence electrons. The van der Waals surface area contributed by atoms with Gasteiger partial charge in [0.2, 0.25) is 0 Å². The Kier molecular flexibility index (Phi) is 30.1. The third kappa shape index (κ3) is 20.7. The molecular weight excluding hydrogens is 1650 g/mol. The highest BCUT2D eigenvalue weighted by Gasteiger charge is 2.62. The lowest BCUT2D eigenvalue weighted by Gasteiger charge is -2.58. The minimum atomic E-state index is -1.03. The fraction of sp³-hybridized carbons (Fsp3) is 0.472. The summed E-state index contributed by atoms with van der Waals surface area (Å²) in [7, 11) is 0. The number of aryl methyl sites for hydroxylation is 4. The number of carboxylic acids is 4. The quantitative estimate of drug-likeness (QED) is 0.0236. The van der Waals surface area contributed by atoms with Crippen molar-refractivity contribution in [2.24, 2.45) is 90.7 Å². The molecule has 0 spiro atoms. The van der Waals surface area contributed by atoms with Crippen LogP contribution in [0, 0.1) is 90.7 Å². The average Bonchev–Trinajstić information content (AvgIpc) is 0.824. The number of ketones is 1. The van der Waals surface area contributed by atoms with Crippen LogP contribution < -0.4 is 0 Å². The molecule has 4 aromatic carbocycles. The van der Waals surface area contributed by atoms with Gasteiger partial charge in [-0.1, -0.05) is 141 Å². The fourth-order valence-corrected chi connectivity index (χ4v) is 24.5. The SMILES string of the molecule is C[C@@H]1CC[C@@]2(C)C(C(=O)O)=C[C@H](OC(=O)c3ccccc3)C[C@@H]2[C@@]1(C)CCc1ccoc1.C[C@]1(CCc2ccoc2)[C@H](COC(=O)c2ccccc2)CC[C@@]2(C)C(C(=O)O)=CC(=O)C[C@H]12.C[C@]1(CCc2ccoc2)[C@H](COC(=O)c2ccccc2)CC[C@@]2(C)C(C(=O)O)=CCC[C@H]12.C[C@]1(CCc2ccoc2)[C@H](COC(=O)c2ccccc2)CC[C@@]2(C)C(C(=O)O)=C[C@H](O)C[C@H]12. The van der Waals surface area contributed by atoms with E-state index < -0.39 is 63.7 Å². The number of hydrogen-bond acceptors (Lipinski definition) is 18. The van der Waals surface area contributed by atoms with Gasteiger partial charge in [-0.05, 0) is 311 Å². The number of carboxylic acid groups (broad SMARTS) is 4. The fourth-order valence-electron chi connectivity index (χ4n) is 24.5. The summed E-state index contributed by atoms with van der Waals surface area (Å²) in [5.74, 6) is -4.52. The number of ether oxygens (including phenoxy) is 4. The van der Waals surface area contributed by atoms with Crippen molar-refractivity contribution < 1.29 is 105 Å². The van der Waals surface area contributed by atoms with Gasteiger partial charge in [-0.3, -0.25) is 4.79 Å². The largest absolute Gasteiger partial charge is 0.478 e. The topological polar surface area (TPSA) is 344 Å². The number of rotatable bonds is 27. The van der Waals surface area contributed by atoms with Crippen molar-refractivity contribution in [1.29, 1.82) is 0 Å². The molecule has 4 heterocycles. The van der Waals surface area contributed by atoms with E-state index in [2.05, 4.69) is 48.5 Å². The molecule has 5 N–H and O–H groups in total. The van der Waals surface area contributed by atoms with Crippen LogP contribution in [0.5, 0.6) is 0 Å². The maximum absolute atomic E-state index is 12.7. The minimum Gasteiger partial charge on any atom is -0.478 e.